The van der Waals surface area contributed by atoms with E-state index < -0.39 is 0 Å². The molecule has 1 aliphatic heterocycles. The first-order valence-corrected chi connectivity index (χ1v) is 7.69. The SMILES string of the molecule is CC1CCC(CN)(N(C)C2CCN(C)CC2)CC1. The van der Waals surface area contributed by atoms with Crippen LogP contribution >= 0.6 is 0 Å². The summed E-state index contributed by atoms with van der Waals surface area (Å²) in [5.74, 6) is 0.899. The van der Waals surface area contributed by atoms with Crippen LogP contribution in [0.5, 0.6) is 0 Å². The van der Waals surface area contributed by atoms with Crippen LogP contribution in [0.25, 0.3) is 0 Å². The van der Waals surface area contributed by atoms with E-state index in [4.69, 9.17) is 5.73 Å². The molecule has 2 N–H and O–H groups in total. The summed E-state index contributed by atoms with van der Waals surface area (Å²) in [5, 5.41) is 0. The number of nitrogens with two attached hydrogens (primary N) is 1. The van der Waals surface area contributed by atoms with Crippen LogP contribution in [0.3, 0.4) is 0 Å². The van der Waals surface area contributed by atoms with Gasteiger partial charge in [-0.15, -0.1) is 0 Å². The maximum absolute atomic E-state index is 6.17. The van der Waals surface area contributed by atoms with Gasteiger partial charge >= 0.3 is 0 Å². The van der Waals surface area contributed by atoms with Crippen LogP contribution in [0, 0.1) is 5.92 Å². The number of likely N-dealkylation sites (N-methyl/N-ethyl adjacent to an activating group) is 1. The molecule has 1 saturated carbocycles. The first kappa shape index (κ1) is 14.3. The highest BCUT2D eigenvalue weighted by Gasteiger charge is 2.39. The summed E-state index contributed by atoms with van der Waals surface area (Å²) >= 11 is 0. The minimum Gasteiger partial charge on any atom is -0.329 e. The molecule has 0 spiro atoms. The van der Waals surface area contributed by atoms with E-state index in [0.29, 0.717) is 5.54 Å². The highest BCUT2D eigenvalue weighted by molar-refractivity contribution is 4.97. The summed E-state index contributed by atoms with van der Waals surface area (Å²) in [7, 11) is 4.57. The Morgan fingerprint density at radius 2 is 1.72 bits per heavy atom. The summed E-state index contributed by atoms with van der Waals surface area (Å²) in [6.07, 6.45) is 7.93. The first-order chi connectivity index (χ1) is 8.57. The molecule has 0 radical (unpaired) electrons. The Labute approximate surface area is 113 Å². The Morgan fingerprint density at radius 1 is 1.17 bits per heavy atom. The summed E-state index contributed by atoms with van der Waals surface area (Å²) < 4.78 is 0. The molecule has 2 aliphatic rings. The standard InChI is InChI=1S/C15H31N3/c1-13-4-8-15(12-16,9-5-13)18(3)14-6-10-17(2)11-7-14/h13-14H,4-12,16H2,1-3H3. The number of hydrogen-bond donors (Lipinski definition) is 1. The van der Waals surface area contributed by atoms with Gasteiger partial charge in [-0.1, -0.05) is 6.92 Å². The van der Waals surface area contributed by atoms with Crippen molar-refractivity contribution in [2.24, 2.45) is 11.7 Å². The van der Waals surface area contributed by atoms with Gasteiger partial charge in [0, 0.05) is 18.1 Å². The molecule has 0 amide bonds. The molecular formula is C15H31N3. The number of rotatable bonds is 3. The van der Waals surface area contributed by atoms with Crippen molar-refractivity contribution in [2.75, 3.05) is 33.7 Å². The molecule has 0 unspecified atom stereocenters. The molecular weight excluding hydrogens is 222 g/mol. The molecule has 106 valence electrons. The molecule has 18 heavy (non-hydrogen) atoms. The molecule has 3 nitrogen and oxygen atoms in total. The lowest BCUT2D eigenvalue weighted by Gasteiger charge is -2.50. The second-order valence-electron chi connectivity index (χ2n) is 6.76. The fourth-order valence-corrected chi connectivity index (χ4v) is 3.77. The highest BCUT2D eigenvalue weighted by atomic mass is 15.2. The zero-order chi connectivity index (χ0) is 13.2. The van der Waals surface area contributed by atoms with Crippen LogP contribution in [0.15, 0.2) is 0 Å². The van der Waals surface area contributed by atoms with Crippen LogP contribution in [0.2, 0.25) is 0 Å². The molecule has 1 saturated heterocycles. The Kier molecular flexibility index (Phi) is 4.68. The molecule has 0 aromatic carbocycles. The highest BCUT2D eigenvalue weighted by Crippen LogP contribution is 2.37. The average molecular weight is 253 g/mol. The third-order valence-electron chi connectivity index (χ3n) is 5.57. The maximum atomic E-state index is 6.17. The van der Waals surface area contributed by atoms with Crippen molar-refractivity contribution in [3.8, 4) is 0 Å². The lowest BCUT2D eigenvalue weighted by Crippen LogP contribution is -2.59. The van der Waals surface area contributed by atoms with E-state index in [1.165, 1.54) is 51.6 Å². The van der Waals surface area contributed by atoms with Gasteiger partial charge in [-0.05, 0) is 71.6 Å². The largest absolute Gasteiger partial charge is 0.329 e. The monoisotopic (exact) mass is 253 g/mol. The fraction of sp³-hybridized carbons (Fsp3) is 1.00. The van der Waals surface area contributed by atoms with Gasteiger partial charge in [0.15, 0.2) is 0 Å². The lowest BCUT2D eigenvalue weighted by atomic mass is 9.75. The Balaban J connectivity index is 1.98. The Hall–Kier alpha value is -0.120. The van der Waals surface area contributed by atoms with Gasteiger partial charge < -0.3 is 10.6 Å². The van der Waals surface area contributed by atoms with E-state index in [-0.39, 0.29) is 0 Å². The summed E-state index contributed by atoms with van der Waals surface area (Å²) in [4.78, 5) is 5.11. The average Bonchev–Trinajstić information content (AvgIpc) is 2.40. The van der Waals surface area contributed by atoms with Crippen LogP contribution in [-0.2, 0) is 0 Å². The zero-order valence-corrected chi connectivity index (χ0v) is 12.5. The van der Waals surface area contributed by atoms with Crippen LogP contribution in [0.1, 0.15) is 45.4 Å². The van der Waals surface area contributed by atoms with Crippen LogP contribution in [-0.4, -0.2) is 55.1 Å². The van der Waals surface area contributed by atoms with Crippen molar-refractivity contribution in [3.63, 3.8) is 0 Å². The van der Waals surface area contributed by atoms with Gasteiger partial charge in [0.05, 0.1) is 0 Å². The van der Waals surface area contributed by atoms with E-state index in [0.717, 1.165) is 18.5 Å². The lowest BCUT2D eigenvalue weighted by molar-refractivity contribution is 0.0104. The normalized spacial score (nSPS) is 36.2. The minimum absolute atomic E-state index is 0.299. The smallest absolute Gasteiger partial charge is 0.0331 e. The van der Waals surface area contributed by atoms with Crippen molar-refractivity contribution >= 4 is 0 Å². The summed E-state index contributed by atoms with van der Waals surface area (Å²) in [6.45, 7) is 5.71. The third-order valence-corrected chi connectivity index (χ3v) is 5.57. The first-order valence-electron chi connectivity index (χ1n) is 7.69. The van der Waals surface area contributed by atoms with Gasteiger partial charge in [0.1, 0.15) is 0 Å². The van der Waals surface area contributed by atoms with Crippen molar-refractivity contribution in [1.29, 1.82) is 0 Å². The molecule has 2 fully saturated rings. The minimum atomic E-state index is 0.299. The van der Waals surface area contributed by atoms with E-state index in [1.54, 1.807) is 0 Å². The molecule has 3 heteroatoms. The Morgan fingerprint density at radius 3 is 2.22 bits per heavy atom. The fourth-order valence-electron chi connectivity index (χ4n) is 3.77. The summed E-state index contributed by atoms with van der Waals surface area (Å²) in [6, 6.07) is 0.748. The quantitative estimate of drug-likeness (QED) is 0.834. The van der Waals surface area contributed by atoms with Gasteiger partial charge in [0.25, 0.3) is 0 Å². The van der Waals surface area contributed by atoms with E-state index in [9.17, 15) is 0 Å². The van der Waals surface area contributed by atoms with Crippen LogP contribution in [0.4, 0.5) is 0 Å². The number of piperidine rings is 1. The van der Waals surface area contributed by atoms with Crippen molar-refractivity contribution < 1.29 is 0 Å². The second kappa shape index (κ2) is 5.89. The molecule has 0 aromatic rings. The van der Waals surface area contributed by atoms with Crippen LogP contribution < -0.4 is 5.73 Å². The van der Waals surface area contributed by atoms with Gasteiger partial charge in [-0.25, -0.2) is 0 Å². The topological polar surface area (TPSA) is 32.5 Å². The van der Waals surface area contributed by atoms with E-state index in [2.05, 4.69) is 30.8 Å². The van der Waals surface area contributed by atoms with Crippen molar-refractivity contribution in [2.45, 2.75) is 57.0 Å². The molecule has 2 rings (SSSR count). The van der Waals surface area contributed by atoms with E-state index in [1.807, 2.05) is 0 Å². The zero-order valence-electron chi connectivity index (χ0n) is 12.5. The van der Waals surface area contributed by atoms with Crippen molar-refractivity contribution in [1.82, 2.24) is 9.80 Å². The Bertz CT molecular complexity index is 250. The van der Waals surface area contributed by atoms with Gasteiger partial charge in [-0.2, -0.15) is 0 Å². The maximum Gasteiger partial charge on any atom is 0.0331 e. The van der Waals surface area contributed by atoms with Gasteiger partial charge in [0.2, 0.25) is 0 Å². The number of likely N-dealkylation sites (tertiary alicyclic amines) is 1. The third kappa shape index (κ3) is 2.89. The number of nitrogens with zero attached hydrogens (tertiary/aromatic N) is 2. The molecule has 0 bridgehead atoms. The molecule has 0 aromatic heterocycles. The van der Waals surface area contributed by atoms with E-state index >= 15 is 0 Å². The van der Waals surface area contributed by atoms with Crippen molar-refractivity contribution in [3.05, 3.63) is 0 Å². The van der Waals surface area contributed by atoms with Gasteiger partial charge in [-0.3, -0.25) is 4.90 Å². The molecule has 1 aliphatic carbocycles. The predicted molar refractivity (Wildman–Crippen MR) is 77.7 cm³/mol. The predicted octanol–water partition coefficient (Wildman–Crippen LogP) is 1.92. The second-order valence-corrected chi connectivity index (χ2v) is 6.76. The summed E-state index contributed by atoms with van der Waals surface area (Å²) in [5.41, 5.74) is 6.47. The molecule has 0 atom stereocenters. The number of hydrogen-bond acceptors (Lipinski definition) is 3. The molecule has 1 heterocycles.